The second-order valence-electron chi connectivity index (χ2n) is 10.2. The number of hydrogen-bond donors (Lipinski definition) is 10. The van der Waals surface area contributed by atoms with Crippen LogP contribution in [-0.4, -0.2) is 82.3 Å². The lowest BCUT2D eigenvalue weighted by atomic mass is 10.0. The maximum Gasteiger partial charge on any atom is 0.326 e. The number of rotatable bonds is 19. The van der Waals surface area contributed by atoms with E-state index in [1.165, 1.54) is 0 Å². The number of hydrogen-bond acceptors (Lipinski definition) is 8. The van der Waals surface area contributed by atoms with Gasteiger partial charge in [0.2, 0.25) is 29.5 Å². The van der Waals surface area contributed by atoms with Crippen molar-refractivity contribution in [1.29, 1.82) is 0 Å². The molecule has 0 aliphatic heterocycles. The highest BCUT2D eigenvalue weighted by Gasteiger charge is 2.31. The Morgan fingerprint density at radius 2 is 1.34 bits per heavy atom. The molecule has 0 aliphatic carbocycles. The number of carboxylic acid groups (broad SMARTS) is 1. The number of aromatic nitrogens is 1. The third-order valence-corrected chi connectivity index (χ3v) is 6.64. The standard InChI is InChI=1S/C27H40N10O7/c28-16(5-3-11-33-27(31)32)23(40)35-18(7-9-21(29)38)24(41)36-19(8-10-22(30)39)25(42)37-20(26(43)44)12-14-13-34-17-6-2-1-4-15(14)17/h1-2,4,6,13,16,18-20,34H,3,5,7-12,28H2,(H2,29,38)(H2,30,39)(H,35,40)(H,36,41)(H,37,42)(H,43,44)(H4,31,32,33). The number of carbonyl (C=O) groups is 6. The summed E-state index contributed by atoms with van der Waals surface area (Å²) >= 11 is 0. The van der Waals surface area contributed by atoms with Gasteiger partial charge < -0.3 is 54.7 Å². The van der Waals surface area contributed by atoms with Gasteiger partial charge in [-0.2, -0.15) is 0 Å². The Morgan fingerprint density at radius 1 is 0.795 bits per heavy atom. The van der Waals surface area contributed by atoms with Crippen molar-refractivity contribution in [2.45, 2.75) is 69.1 Å². The molecule has 17 nitrogen and oxygen atoms in total. The van der Waals surface area contributed by atoms with Gasteiger partial charge in [0.1, 0.15) is 18.1 Å². The lowest BCUT2D eigenvalue weighted by molar-refractivity contribution is -0.142. The largest absolute Gasteiger partial charge is 0.480 e. The minimum atomic E-state index is -1.42. The molecule has 0 spiro atoms. The van der Waals surface area contributed by atoms with Crippen molar-refractivity contribution in [2.75, 3.05) is 6.54 Å². The highest BCUT2D eigenvalue weighted by Crippen LogP contribution is 2.19. The van der Waals surface area contributed by atoms with Crippen LogP contribution in [0.2, 0.25) is 0 Å². The van der Waals surface area contributed by atoms with Gasteiger partial charge in [0, 0.05) is 42.9 Å². The quantitative estimate of drug-likeness (QED) is 0.0438. The van der Waals surface area contributed by atoms with Gasteiger partial charge in [-0.3, -0.25) is 29.0 Å². The summed E-state index contributed by atoms with van der Waals surface area (Å²) in [6.07, 6.45) is 0.978. The van der Waals surface area contributed by atoms with Gasteiger partial charge in [0.05, 0.1) is 6.04 Å². The number of aliphatic imine (C=N–C) groups is 1. The fourth-order valence-electron chi connectivity index (χ4n) is 4.31. The van der Waals surface area contributed by atoms with E-state index in [1.54, 1.807) is 18.3 Å². The van der Waals surface area contributed by atoms with Crippen LogP contribution in [0.5, 0.6) is 0 Å². The molecule has 0 saturated carbocycles. The highest BCUT2D eigenvalue weighted by atomic mass is 16.4. The van der Waals surface area contributed by atoms with E-state index in [9.17, 15) is 33.9 Å². The van der Waals surface area contributed by atoms with Crippen LogP contribution in [0.1, 0.15) is 44.1 Å². The van der Waals surface area contributed by atoms with Crippen molar-refractivity contribution in [3.05, 3.63) is 36.0 Å². The third kappa shape index (κ3) is 11.6. The van der Waals surface area contributed by atoms with Crippen molar-refractivity contribution in [2.24, 2.45) is 33.7 Å². The summed E-state index contributed by atoms with van der Waals surface area (Å²) in [5.74, 6) is -5.47. The van der Waals surface area contributed by atoms with Crippen molar-refractivity contribution in [3.8, 4) is 0 Å². The van der Waals surface area contributed by atoms with Crippen molar-refractivity contribution in [3.63, 3.8) is 0 Å². The van der Waals surface area contributed by atoms with Crippen LogP contribution in [-0.2, 0) is 35.2 Å². The molecule has 5 amide bonds. The number of benzene rings is 1. The number of fused-ring (bicyclic) bond motifs is 1. The van der Waals surface area contributed by atoms with Crippen LogP contribution in [0.3, 0.4) is 0 Å². The maximum absolute atomic E-state index is 13.3. The Labute approximate surface area is 252 Å². The molecule has 0 aliphatic rings. The summed E-state index contributed by atoms with van der Waals surface area (Å²) in [6.45, 7) is 0.225. The number of para-hydroxylation sites is 1. The number of guanidine groups is 1. The van der Waals surface area contributed by atoms with Crippen LogP contribution in [0.4, 0.5) is 0 Å². The number of aromatic amines is 1. The van der Waals surface area contributed by atoms with E-state index in [2.05, 4.69) is 25.9 Å². The Hall–Kier alpha value is -5.19. The molecule has 0 saturated heterocycles. The molecule has 4 unspecified atom stereocenters. The molecule has 0 bridgehead atoms. The Kier molecular flexibility index (Phi) is 13.6. The van der Waals surface area contributed by atoms with E-state index in [-0.39, 0.29) is 51.0 Å². The lowest BCUT2D eigenvalue weighted by Gasteiger charge is -2.25. The van der Waals surface area contributed by atoms with E-state index < -0.39 is 59.7 Å². The molecule has 1 aromatic heterocycles. The Bertz CT molecular complexity index is 1370. The predicted octanol–water partition coefficient (Wildman–Crippen LogP) is -2.84. The van der Waals surface area contributed by atoms with Crippen molar-refractivity contribution in [1.82, 2.24) is 20.9 Å². The van der Waals surface area contributed by atoms with Gasteiger partial charge in [-0.05, 0) is 37.3 Å². The Morgan fingerprint density at radius 3 is 1.89 bits per heavy atom. The zero-order valence-corrected chi connectivity index (χ0v) is 24.1. The molecule has 4 atom stereocenters. The summed E-state index contributed by atoms with van der Waals surface area (Å²) in [6, 6.07) is 2.01. The van der Waals surface area contributed by atoms with Gasteiger partial charge in [0.25, 0.3) is 0 Å². The molecule has 1 heterocycles. The number of aliphatic carboxylic acids is 1. The number of carbonyl (C=O) groups excluding carboxylic acids is 5. The predicted molar refractivity (Wildman–Crippen MR) is 160 cm³/mol. The van der Waals surface area contributed by atoms with E-state index in [0.717, 1.165) is 10.9 Å². The summed E-state index contributed by atoms with van der Waals surface area (Å²) in [7, 11) is 0. The van der Waals surface area contributed by atoms with E-state index >= 15 is 0 Å². The first kappa shape index (κ1) is 35.0. The molecular weight excluding hydrogens is 576 g/mol. The van der Waals surface area contributed by atoms with Gasteiger partial charge in [-0.1, -0.05) is 18.2 Å². The van der Waals surface area contributed by atoms with Crippen LogP contribution in [0, 0.1) is 0 Å². The molecule has 0 fully saturated rings. The van der Waals surface area contributed by atoms with Crippen LogP contribution < -0.4 is 44.6 Å². The molecule has 1 aromatic carbocycles. The number of amides is 5. The molecule has 44 heavy (non-hydrogen) atoms. The van der Waals surface area contributed by atoms with Crippen LogP contribution in [0.25, 0.3) is 10.9 Å². The van der Waals surface area contributed by atoms with Crippen molar-refractivity contribution < 1.29 is 33.9 Å². The average molecular weight is 617 g/mol. The van der Waals surface area contributed by atoms with Crippen LogP contribution >= 0.6 is 0 Å². The van der Waals surface area contributed by atoms with Gasteiger partial charge in [-0.15, -0.1) is 0 Å². The van der Waals surface area contributed by atoms with Gasteiger partial charge >= 0.3 is 5.97 Å². The smallest absolute Gasteiger partial charge is 0.326 e. The van der Waals surface area contributed by atoms with Gasteiger partial charge in [0.15, 0.2) is 5.96 Å². The lowest BCUT2D eigenvalue weighted by Crippen LogP contribution is -2.57. The number of carboxylic acids is 1. The molecule has 0 radical (unpaired) electrons. The summed E-state index contributed by atoms with van der Waals surface area (Å²) in [5.41, 5.74) is 28.3. The minimum Gasteiger partial charge on any atom is -0.480 e. The fraction of sp³-hybridized carbons (Fsp3) is 0.444. The molecule has 15 N–H and O–H groups in total. The highest BCUT2D eigenvalue weighted by molar-refractivity contribution is 5.95. The van der Waals surface area contributed by atoms with Gasteiger partial charge in [-0.25, -0.2) is 4.79 Å². The monoisotopic (exact) mass is 616 g/mol. The number of H-pyrrole nitrogens is 1. The summed E-state index contributed by atoms with van der Waals surface area (Å²) < 4.78 is 0. The van der Waals surface area contributed by atoms with E-state index in [1.807, 2.05) is 12.1 Å². The zero-order valence-electron chi connectivity index (χ0n) is 24.1. The van der Waals surface area contributed by atoms with Crippen LogP contribution in [0.15, 0.2) is 35.5 Å². The summed E-state index contributed by atoms with van der Waals surface area (Å²) in [4.78, 5) is 81.0. The first-order valence-electron chi connectivity index (χ1n) is 13.8. The number of primary amides is 2. The SMILES string of the molecule is NC(=O)CCC(NC(=O)C(N)CCCN=C(N)N)C(=O)NC(CCC(N)=O)C(=O)NC(Cc1c[nH]c2ccccc12)C(=O)O. The second-order valence-corrected chi connectivity index (χ2v) is 10.2. The molecule has 2 rings (SSSR count). The zero-order chi connectivity index (χ0) is 32.8. The third-order valence-electron chi connectivity index (χ3n) is 6.64. The first-order chi connectivity index (χ1) is 20.8. The Balaban J connectivity index is 2.17. The fourth-order valence-corrected chi connectivity index (χ4v) is 4.31. The normalized spacial score (nSPS) is 13.6. The first-order valence-corrected chi connectivity index (χ1v) is 13.8. The number of nitrogens with zero attached hydrogens (tertiary/aromatic N) is 1. The maximum atomic E-state index is 13.3. The second kappa shape index (κ2) is 17.1. The molecule has 240 valence electrons. The van der Waals surface area contributed by atoms with E-state index in [4.69, 9.17) is 28.7 Å². The number of nitrogens with one attached hydrogen (secondary N) is 4. The number of nitrogens with two attached hydrogens (primary N) is 5. The molecule has 17 heteroatoms. The topological polar surface area (TPSA) is 317 Å². The molecule has 2 aromatic rings. The summed E-state index contributed by atoms with van der Waals surface area (Å²) in [5, 5.41) is 17.9. The van der Waals surface area contributed by atoms with Crippen molar-refractivity contribution >= 4 is 52.4 Å². The average Bonchev–Trinajstić information content (AvgIpc) is 3.36. The minimum absolute atomic E-state index is 0.0834. The van der Waals surface area contributed by atoms with E-state index in [0.29, 0.717) is 12.0 Å². The molecular formula is C27H40N10O7.